The number of nitrogens with zero attached hydrogens (tertiary/aromatic N) is 1. The number of nitrogens with two attached hydrogens (primary N) is 1. The molecular formula is C20H19ClN2O6. The van der Waals surface area contributed by atoms with Gasteiger partial charge in [0.1, 0.15) is 17.2 Å². The average Bonchev–Trinajstić information content (AvgIpc) is 2.64. The number of ketones is 2. The monoisotopic (exact) mass is 418 g/mol. The number of likely N-dealkylation sites (tertiary alicyclic amines) is 1. The highest BCUT2D eigenvalue weighted by Gasteiger charge is 2.36. The van der Waals surface area contributed by atoms with Crippen molar-refractivity contribution >= 4 is 29.9 Å². The predicted molar refractivity (Wildman–Crippen MR) is 105 cm³/mol. The smallest absolute Gasteiger partial charge is 0.254 e. The zero-order valence-corrected chi connectivity index (χ0v) is 16.0. The molecule has 8 nitrogen and oxygen atoms in total. The van der Waals surface area contributed by atoms with Crippen LogP contribution in [0.25, 0.3) is 0 Å². The number of piperidine rings is 1. The first-order chi connectivity index (χ1) is 13.3. The van der Waals surface area contributed by atoms with Crippen LogP contribution in [0, 0.1) is 0 Å². The van der Waals surface area contributed by atoms with Crippen molar-refractivity contribution in [2.45, 2.75) is 18.9 Å². The van der Waals surface area contributed by atoms with Crippen LogP contribution in [0.5, 0.6) is 17.2 Å². The van der Waals surface area contributed by atoms with Gasteiger partial charge in [-0.25, -0.2) is 0 Å². The molecule has 1 saturated heterocycles. The number of phenolic OH excluding ortho intramolecular Hbond substituents is 3. The maximum Gasteiger partial charge on any atom is 0.254 e. The molecule has 1 aliphatic heterocycles. The lowest BCUT2D eigenvalue weighted by Gasteiger charge is -2.31. The van der Waals surface area contributed by atoms with Crippen LogP contribution in [0.1, 0.15) is 55.0 Å². The van der Waals surface area contributed by atoms with Gasteiger partial charge in [-0.3, -0.25) is 14.4 Å². The van der Waals surface area contributed by atoms with E-state index in [1.54, 1.807) is 4.90 Å². The maximum atomic E-state index is 12.9. The summed E-state index contributed by atoms with van der Waals surface area (Å²) in [6.45, 7) is 0.885. The van der Waals surface area contributed by atoms with Crippen molar-refractivity contribution < 1.29 is 29.7 Å². The van der Waals surface area contributed by atoms with Gasteiger partial charge in [0.15, 0.2) is 5.78 Å². The van der Waals surface area contributed by atoms with Gasteiger partial charge in [-0.1, -0.05) is 0 Å². The predicted octanol–water partition coefficient (Wildman–Crippen LogP) is 1.56. The minimum absolute atomic E-state index is 0. The molecule has 0 spiro atoms. The summed E-state index contributed by atoms with van der Waals surface area (Å²) in [5.74, 6) is -3.26. The van der Waals surface area contributed by atoms with E-state index >= 15 is 0 Å². The molecule has 2 aliphatic rings. The zero-order chi connectivity index (χ0) is 20.2. The van der Waals surface area contributed by atoms with Crippen molar-refractivity contribution in [3.63, 3.8) is 0 Å². The van der Waals surface area contributed by atoms with Gasteiger partial charge in [0.2, 0.25) is 5.78 Å². The van der Waals surface area contributed by atoms with Crippen molar-refractivity contribution in [3.05, 3.63) is 52.1 Å². The molecule has 4 rings (SSSR count). The fourth-order valence-corrected chi connectivity index (χ4v) is 3.84. The van der Waals surface area contributed by atoms with E-state index < -0.39 is 29.0 Å². The zero-order valence-electron chi connectivity index (χ0n) is 15.2. The number of hydrogen-bond acceptors (Lipinski definition) is 7. The molecule has 0 bridgehead atoms. The summed E-state index contributed by atoms with van der Waals surface area (Å²) in [6.07, 6.45) is 1.57. The normalized spacial score (nSPS) is 18.0. The fraction of sp³-hybridized carbons (Fsp3) is 0.250. The number of benzene rings is 2. The molecule has 1 aliphatic carbocycles. The summed E-state index contributed by atoms with van der Waals surface area (Å²) in [7, 11) is 0. The minimum Gasteiger partial charge on any atom is -0.508 e. The lowest BCUT2D eigenvalue weighted by Crippen LogP contribution is -2.45. The first-order valence-corrected chi connectivity index (χ1v) is 8.85. The summed E-state index contributed by atoms with van der Waals surface area (Å²) in [5, 5.41) is 30.1. The van der Waals surface area contributed by atoms with E-state index in [9.17, 15) is 29.7 Å². The van der Waals surface area contributed by atoms with Gasteiger partial charge >= 0.3 is 0 Å². The van der Waals surface area contributed by atoms with E-state index in [4.69, 9.17) is 5.73 Å². The molecule has 1 amide bonds. The van der Waals surface area contributed by atoms with Crippen LogP contribution in [0.3, 0.4) is 0 Å². The highest BCUT2D eigenvalue weighted by atomic mass is 35.5. The summed E-state index contributed by atoms with van der Waals surface area (Å²) in [6, 6.07) is 4.30. The van der Waals surface area contributed by atoms with Crippen LogP contribution in [-0.4, -0.2) is 56.8 Å². The number of amides is 1. The topological polar surface area (TPSA) is 141 Å². The molecular weight excluding hydrogens is 400 g/mol. The van der Waals surface area contributed by atoms with Crippen LogP contribution in [-0.2, 0) is 0 Å². The summed E-state index contributed by atoms with van der Waals surface area (Å²) < 4.78 is 0. The van der Waals surface area contributed by atoms with Gasteiger partial charge < -0.3 is 26.0 Å². The van der Waals surface area contributed by atoms with Crippen molar-refractivity contribution in [3.8, 4) is 17.2 Å². The molecule has 0 saturated carbocycles. The number of rotatable bonds is 1. The van der Waals surface area contributed by atoms with E-state index in [1.807, 2.05) is 0 Å². The molecule has 0 unspecified atom stereocenters. The largest absolute Gasteiger partial charge is 0.508 e. The second-order valence-electron chi connectivity index (χ2n) is 7.12. The van der Waals surface area contributed by atoms with Crippen LogP contribution in [0.2, 0.25) is 0 Å². The van der Waals surface area contributed by atoms with Crippen LogP contribution >= 0.6 is 12.4 Å². The van der Waals surface area contributed by atoms with E-state index in [2.05, 4.69) is 0 Å². The molecule has 1 fully saturated rings. The van der Waals surface area contributed by atoms with Gasteiger partial charge in [-0.15, -0.1) is 12.4 Å². The Morgan fingerprint density at radius 3 is 2.24 bits per heavy atom. The van der Waals surface area contributed by atoms with Crippen molar-refractivity contribution in [2.75, 3.05) is 13.1 Å². The number of hydrogen-bond donors (Lipinski definition) is 4. The Labute approximate surface area is 172 Å². The molecule has 1 heterocycles. The van der Waals surface area contributed by atoms with Crippen molar-refractivity contribution in [1.82, 2.24) is 4.90 Å². The Hall–Kier alpha value is -3.10. The summed E-state index contributed by atoms with van der Waals surface area (Å²) in [5.41, 5.74) is 5.10. The van der Waals surface area contributed by atoms with Gasteiger partial charge in [-0.05, 0) is 31.0 Å². The first kappa shape index (κ1) is 20.6. The van der Waals surface area contributed by atoms with Gasteiger partial charge in [0.05, 0.1) is 11.1 Å². The Morgan fingerprint density at radius 1 is 0.966 bits per heavy atom. The van der Waals surface area contributed by atoms with Gasteiger partial charge in [0.25, 0.3) is 5.91 Å². The van der Waals surface area contributed by atoms with E-state index in [0.29, 0.717) is 13.1 Å². The molecule has 1 atom stereocenters. The summed E-state index contributed by atoms with van der Waals surface area (Å²) >= 11 is 0. The van der Waals surface area contributed by atoms with E-state index in [-0.39, 0.29) is 52.0 Å². The molecule has 29 heavy (non-hydrogen) atoms. The second kappa shape index (κ2) is 7.38. The molecule has 152 valence electrons. The van der Waals surface area contributed by atoms with Gasteiger partial charge in [0, 0.05) is 41.9 Å². The molecule has 9 heteroatoms. The third kappa shape index (κ3) is 3.30. The molecule has 0 radical (unpaired) electrons. The summed E-state index contributed by atoms with van der Waals surface area (Å²) in [4.78, 5) is 40.0. The quantitative estimate of drug-likeness (QED) is 0.470. The maximum absolute atomic E-state index is 12.9. The van der Waals surface area contributed by atoms with E-state index in [1.165, 1.54) is 6.07 Å². The lowest BCUT2D eigenvalue weighted by molar-refractivity contribution is 0.0708. The first-order valence-electron chi connectivity index (χ1n) is 8.85. The van der Waals surface area contributed by atoms with E-state index in [0.717, 1.165) is 31.0 Å². The molecule has 2 aromatic rings. The minimum atomic E-state index is -0.751. The third-order valence-corrected chi connectivity index (χ3v) is 5.16. The van der Waals surface area contributed by atoms with Crippen LogP contribution < -0.4 is 5.73 Å². The Bertz CT molecular complexity index is 1050. The highest BCUT2D eigenvalue weighted by molar-refractivity contribution is 6.30. The van der Waals surface area contributed by atoms with Crippen LogP contribution in [0.4, 0.5) is 0 Å². The lowest BCUT2D eigenvalue weighted by atomic mass is 9.82. The van der Waals surface area contributed by atoms with Crippen molar-refractivity contribution in [2.24, 2.45) is 5.73 Å². The number of phenols is 3. The SMILES string of the molecule is Cl.N[C@H]1CCCN(C(=O)c2cc(O)c3c(c2)C(=O)c2cc(O)cc(O)c2C3=O)C1. The number of halogens is 1. The average molecular weight is 419 g/mol. The Kier molecular flexibility index (Phi) is 5.25. The van der Waals surface area contributed by atoms with Crippen LogP contribution in [0.15, 0.2) is 24.3 Å². The standard InChI is InChI=1S/C20H18N2O6.ClH/c21-10-2-1-3-22(8-10)20(28)9-4-12-16(14(24)5-9)19(27)17-13(18(12)26)6-11(23)7-15(17)25;/h4-7,10,23-25H,1-3,8,21H2;1H/t10-;/m0./s1. The Morgan fingerprint density at radius 2 is 1.59 bits per heavy atom. The number of carbonyl (C=O) groups is 3. The third-order valence-electron chi connectivity index (χ3n) is 5.16. The number of aromatic hydroxyl groups is 3. The Balaban J connectivity index is 0.00000240. The number of carbonyl (C=O) groups excluding carboxylic acids is 3. The molecule has 5 N–H and O–H groups in total. The van der Waals surface area contributed by atoms with Crippen molar-refractivity contribution in [1.29, 1.82) is 0 Å². The van der Waals surface area contributed by atoms with Gasteiger partial charge in [-0.2, -0.15) is 0 Å². The highest BCUT2D eigenvalue weighted by Crippen LogP contribution is 2.39. The fourth-order valence-electron chi connectivity index (χ4n) is 3.84. The second-order valence-corrected chi connectivity index (χ2v) is 7.12. The number of fused-ring (bicyclic) bond motifs is 2. The molecule has 0 aromatic heterocycles. The molecule has 2 aromatic carbocycles.